The second-order valence-corrected chi connectivity index (χ2v) is 11.2. The first-order valence-corrected chi connectivity index (χ1v) is 14.1. The summed E-state index contributed by atoms with van der Waals surface area (Å²) >= 11 is 0. The largest absolute Gasteiger partial charge is 0.507 e. The molecular formula is C30H27FNO6P. The number of para-hydroxylation sites is 1. The van der Waals surface area contributed by atoms with Gasteiger partial charge in [0.15, 0.2) is 0 Å². The minimum absolute atomic E-state index is 0.0900. The third-order valence-corrected chi connectivity index (χ3v) is 8.06. The van der Waals surface area contributed by atoms with Gasteiger partial charge in [-0.05, 0) is 72.0 Å². The second-order valence-electron chi connectivity index (χ2n) is 9.61. The van der Waals surface area contributed by atoms with Crippen LogP contribution in [0.1, 0.15) is 36.1 Å². The van der Waals surface area contributed by atoms with E-state index >= 15 is 0 Å². The number of hydrogen-bond acceptors (Lipinski definition) is 4. The van der Waals surface area contributed by atoms with Gasteiger partial charge in [0, 0.05) is 11.3 Å². The molecule has 4 aromatic carbocycles. The molecule has 7 nitrogen and oxygen atoms in total. The van der Waals surface area contributed by atoms with Crippen LogP contribution in [0.5, 0.6) is 5.75 Å². The maximum Gasteiger partial charge on any atom is 0.356 e. The zero-order chi connectivity index (χ0) is 27.7. The number of aromatic hydroxyl groups is 1. The molecule has 39 heavy (non-hydrogen) atoms. The first kappa shape index (κ1) is 26.8. The van der Waals surface area contributed by atoms with Crippen molar-refractivity contribution in [2.45, 2.75) is 25.0 Å². The molecule has 0 aromatic heterocycles. The van der Waals surface area contributed by atoms with E-state index in [0.29, 0.717) is 40.8 Å². The van der Waals surface area contributed by atoms with Crippen molar-refractivity contribution in [3.8, 4) is 16.9 Å². The topological polar surface area (TPSA) is 118 Å². The second kappa shape index (κ2) is 10.8. The predicted molar refractivity (Wildman–Crippen MR) is 146 cm³/mol. The van der Waals surface area contributed by atoms with Crippen LogP contribution in [-0.2, 0) is 9.36 Å². The van der Waals surface area contributed by atoms with Gasteiger partial charge in [0.2, 0.25) is 5.91 Å². The van der Waals surface area contributed by atoms with Crippen LogP contribution >= 0.6 is 7.60 Å². The lowest BCUT2D eigenvalue weighted by molar-refractivity contribution is -0.131. The number of carbonyl (C=O) groups excluding carboxylic acids is 1. The highest BCUT2D eigenvalue weighted by Crippen LogP contribution is 2.47. The lowest BCUT2D eigenvalue weighted by Crippen LogP contribution is -2.55. The maximum atomic E-state index is 13.3. The Hall–Kier alpha value is -3.81. The number of aliphatic hydroxyl groups excluding tert-OH is 1. The third-order valence-electron chi connectivity index (χ3n) is 7.11. The first-order chi connectivity index (χ1) is 18.6. The first-order valence-electron chi connectivity index (χ1n) is 12.4. The number of nitrogens with zero attached hydrogens (tertiary/aromatic N) is 1. The van der Waals surface area contributed by atoms with Crippen molar-refractivity contribution in [1.82, 2.24) is 0 Å². The highest BCUT2D eigenvalue weighted by molar-refractivity contribution is 7.60. The number of halogens is 1. The zero-order valence-corrected chi connectivity index (χ0v) is 21.7. The minimum atomic E-state index is -4.46. The number of anilines is 1. The standard InChI is InChI=1S/C30H27FNO6P/c31-22-12-9-19(10-13-22)27(33)16-15-26-29(32(30(26)35)23-6-2-1-3-7-23)21-11-14-25(28(34)18-21)20-5-4-8-24(17-20)39(36,37)38/h1-14,17-18,26-27,29,33-34H,15-16H2,(H2,36,37,38). The Balaban J connectivity index is 1.43. The van der Waals surface area contributed by atoms with Gasteiger partial charge in [-0.1, -0.05) is 54.6 Å². The van der Waals surface area contributed by atoms with Crippen molar-refractivity contribution >= 4 is 24.5 Å². The molecule has 3 unspecified atom stereocenters. The molecule has 1 heterocycles. The van der Waals surface area contributed by atoms with Gasteiger partial charge in [-0.2, -0.15) is 0 Å². The molecule has 1 fully saturated rings. The number of carbonyl (C=O) groups is 1. The molecule has 200 valence electrons. The van der Waals surface area contributed by atoms with Gasteiger partial charge in [-0.3, -0.25) is 9.36 Å². The smallest absolute Gasteiger partial charge is 0.356 e. The fraction of sp³-hybridized carbons (Fsp3) is 0.167. The average Bonchev–Trinajstić information content (AvgIpc) is 2.92. The lowest BCUT2D eigenvalue weighted by Gasteiger charge is -2.48. The summed E-state index contributed by atoms with van der Waals surface area (Å²) in [7, 11) is -4.46. The van der Waals surface area contributed by atoms with E-state index in [9.17, 15) is 33.7 Å². The van der Waals surface area contributed by atoms with E-state index in [1.807, 2.05) is 30.3 Å². The third kappa shape index (κ3) is 5.51. The van der Waals surface area contributed by atoms with Gasteiger partial charge in [0.05, 0.1) is 23.4 Å². The Morgan fingerprint density at radius 3 is 2.28 bits per heavy atom. The summed E-state index contributed by atoms with van der Waals surface area (Å²) in [5.41, 5.74) is 2.81. The monoisotopic (exact) mass is 547 g/mol. The number of β-lactam (4-membered cyclic amide) rings is 1. The number of phenols is 1. The van der Waals surface area contributed by atoms with Crippen molar-refractivity contribution < 1.29 is 33.7 Å². The van der Waals surface area contributed by atoms with Crippen molar-refractivity contribution in [1.29, 1.82) is 0 Å². The summed E-state index contributed by atoms with van der Waals surface area (Å²) in [5.74, 6) is -1.04. The molecule has 4 N–H and O–H groups in total. The highest BCUT2D eigenvalue weighted by Gasteiger charge is 2.48. The number of benzene rings is 4. The number of aliphatic hydroxyl groups is 1. The normalized spacial score (nSPS) is 18.1. The van der Waals surface area contributed by atoms with E-state index in [1.165, 1.54) is 42.5 Å². The molecule has 1 aliphatic rings. The van der Waals surface area contributed by atoms with E-state index < -0.39 is 31.5 Å². The van der Waals surface area contributed by atoms with Gasteiger partial charge in [-0.15, -0.1) is 0 Å². The van der Waals surface area contributed by atoms with E-state index in [2.05, 4.69) is 0 Å². The minimum Gasteiger partial charge on any atom is -0.507 e. The van der Waals surface area contributed by atoms with E-state index in [1.54, 1.807) is 29.2 Å². The maximum absolute atomic E-state index is 13.3. The fourth-order valence-electron chi connectivity index (χ4n) is 5.11. The molecule has 1 saturated heterocycles. The Labute approximate surface area is 225 Å². The summed E-state index contributed by atoms with van der Waals surface area (Å²) in [4.78, 5) is 34.0. The molecule has 1 amide bonds. The van der Waals surface area contributed by atoms with Gasteiger partial charge in [-0.25, -0.2) is 4.39 Å². The van der Waals surface area contributed by atoms with Crippen molar-refractivity contribution in [2.24, 2.45) is 5.92 Å². The van der Waals surface area contributed by atoms with Gasteiger partial charge in [0.1, 0.15) is 11.6 Å². The van der Waals surface area contributed by atoms with Crippen molar-refractivity contribution in [2.75, 3.05) is 4.90 Å². The Morgan fingerprint density at radius 1 is 0.897 bits per heavy atom. The number of rotatable bonds is 8. The van der Waals surface area contributed by atoms with Crippen LogP contribution in [0.2, 0.25) is 0 Å². The summed E-state index contributed by atoms with van der Waals surface area (Å²) in [5, 5.41) is 21.4. The SMILES string of the molecule is O=C1C(CCC(O)c2ccc(F)cc2)C(c2ccc(-c3cccc(P(=O)(O)O)c3)c(O)c2)N1c1ccccc1. The van der Waals surface area contributed by atoms with Gasteiger partial charge < -0.3 is 24.9 Å². The van der Waals surface area contributed by atoms with Crippen LogP contribution < -0.4 is 10.2 Å². The molecule has 4 aromatic rings. The summed E-state index contributed by atoms with van der Waals surface area (Å²) in [6.45, 7) is 0. The molecule has 0 aliphatic carbocycles. The number of amides is 1. The van der Waals surface area contributed by atoms with Crippen LogP contribution in [-0.4, -0.2) is 25.9 Å². The summed E-state index contributed by atoms with van der Waals surface area (Å²) in [6, 6.07) is 25.3. The molecule has 0 radical (unpaired) electrons. The fourth-order valence-corrected chi connectivity index (χ4v) is 5.70. The average molecular weight is 548 g/mol. The predicted octanol–water partition coefficient (Wildman–Crippen LogP) is 5.22. The Kier molecular flexibility index (Phi) is 7.38. The molecule has 0 bridgehead atoms. The quantitative estimate of drug-likeness (QED) is 0.178. The zero-order valence-electron chi connectivity index (χ0n) is 20.8. The van der Waals surface area contributed by atoms with Crippen molar-refractivity contribution in [3.05, 3.63) is 114 Å². The van der Waals surface area contributed by atoms with Crippen LogP contribution in [0.25, 0.3) is 11.1 Å². The number of phenolic OH excluding ortho intramolecular Hbond substituents is 1. The molecule has 3 atom stereocenters. The molecule has 0 saturated carbocycles. The molecule has 5 rings (SSSR count). The number of hydrogen-bond donors (Lipinski definition) is 4. The van der Waals surface area contributed by atoms with E-state index in [4.69, 9.17) is 0 Å². The van der Waals surface area contributed by atoms with Crippen LogP contribution in [0, 0.1) is 11.7 Å². The van der Waals surface area contributed by atoms with Crippen LogP contribution in [0.4, 0.5) is 10.1 Å². The molecule has 9 heteroatoms. The van der Waals surface area contributed by atoms with E-state index in [-0.39, 0.29) is 17.0 Å². The van der Waals surface area contributed by atoms with Crippen LogP contribution in [0.15, 0.2) is 97.1 Å². The molecular weight excluding hydrogens is 520 g/mol. The van der Waals surface area contributed by atoms with Crippen molar-refractivity contribution in [3.63, 3.8) is 0 Å². The highest BCUT2D eigenvalue weighted by atomic mass is 31.2. The molecule has 0 spiro atoms. The Bertz CT molecular complexity index is 1540. The Morgan fingerprint density at radius 2 is 1.62 bits per heavy atom. The van der Waals surface area contributed by atoms with Gasteiger partial charge >= 0.3 is 7.60 Å². The lowest BCUT2D eigenvalue weighted by atomic mass is 9.78. The summed E-state index contributed by atoms with van der Waals surface area (Å²) < 4.78 is 25.0. The summed E-state index contributed by atoms with van der Waals surface area (Å²) in [6.07, 6.45) is -0.194. The van der Waals surface area contributed by atoms with Gasteiger partial charge in [0.25, 0.3) is 0 Å². The van der Waals surface area contributed by atoms with Crippen LogP contribution in [0.3, 0.4) is 0 Å². The van der Waals surface area contributed by atoms with E-state index in [0.717, 1.165) is 0 Å². The molecule has 1 aliphatic heterocycles.